The molecule has 2 fully saturated rings. The summed E-state index contributed by atoms with van der Waals surface area (Å²) >= 11 is 0. The molecular weight excluding hydrogens is 672 g/mol. The Labute approximate surface area is 309 Å². The maximum atomic E-state index is 13.5. The molecule has 2 saturated heterocycles. The smallest absolute Gasteiger partial charge is 0.407 e. The lowest BCUT2D eigenvalue weighted by Gasteiger charge is -2.30. The molecule has 2 aromatic heterocycles. The number of H-pyrrole nitrogens is 2. The fraction of sp³-hybridized carbons (Fsp3) is 0.450. The molecule has 0 aliphatic carbocycles. The van der Waals surface area contributed by atoms with Crippen molar-refractivity contribution >= 4 is 34.8 Å². The standard InChI is InChI=1S/C40H48N8O5/c1-23(2)34(42-25(5)49)38(50)48-20-8-10-33(48)37-43-29-18-15-27(21-30(29)44-37)12-11-26-13-16-28(17-14-26)31-22-41-36(45-31)32-9-7-19-47(32)39(51)35(24(3)4)46-40(52)53-6/h13-18,21-24,32-35H,7-10,19-20H2,1-6H3,(H,41,45)(H,42,49)(H,43,44)(H,46,52)/t32-,33-,34-,35-/m0/s1. The summed E-state index contributed by atoms with van der Waals surface area (Å²) in [6, 6.07) is 12.1. The average Bonchev–Trinajstić information content (AvgIpc) is 3.97. The van der Waals surface area contributed by atoms with Crippen molar-refractivity contribution in [3.63, 3.8) is 0 Å². The molecule has 0 bridgehead atoms. The lowest BCUT2D eigenvalue weighted by atomic mass is 10.0. The van der Waals surface area contributed by atoms with Crippen LogP contribution in [0.1, 0.15) is 95.2 Å². The van der Waals surface area contributed by atoms with E-state index in [0.29, 0.717) is 18.9 Å². The Hall–Kier alpha value is -5.64. The number of ether oxygens (including phenoxy) is 1. The number of nitrogens with one attached hydrogen (secondary N) is 4. The van der Waals surface area contributed by atoms with Gasteiger partial charge in [-0.15, -0.1) is 0 Å². The normalized spacial score (nSPS) is 18.2. The van der Waals surface area contributed by atoms with Crippen molar-refractivity contribution in [1.82, 2.24) is 40.4 Å². The summed E-state index contributed by atoms with van der Waals surface area (Å²) in [4.78, 5) is 70.7. The number of nitrogens with zero attached hydrogens (tertiary/aromatic N) is 4. The fourth-order valence-electron chi connectivity index (χ4n) is 7.20. The fourth-order valence-corrected chi connectivity index (χ4v) is 7.20. The van der Waals surface area contributed by atoms with Crippen LogP contribution in [0.5, 0.6) is 0 Å². The molecule has 0 unspecified atom stereocenters. The minimum Gasteiger partial charge on any atom is -0.453 e. The quantitative estimate of drug-likeness (QED) is 0.172. The van der Waals surface area contributed by atoms with Crippen molar-refractivity contribution in [3.8, 4) is 23.1 Å². The third-order valence-electron chi connectivity index (χ3n) is 10.0. The highest BCUT2D eigenvalue weighted by molar-refractivity contribution is 5.88. The van der Waals surface area contributed by atoms with Crippen LogP contribution in [0.15, 0.2) is 48.7 Å². The first-order valence-corrected chi connectivity index (χ1v) is 18.3. The van der Waals surface area contributed by atoms with Crippen LogP contribution >= 0.6 is 0 Å². The zero-order chi connectivity index (χ0) is 37.8. The third kappa shape index (κ3) is 8.22. The maximum absolute atomic E-state index is 13.5. The van der Waals surface area contributed by atoms with Crippen LogP contribution < -0.4 is 10.6 Å². The molecule has 278 valence electrons. The zero-order valence-electron chi connectivity index (χ0n) is 31.2. The molecule has 13 nitrogen and oxygen atoms in total. The Morgan fingerprint density at radius 3 is 2.00 bits per heavy atom. The van der Waals surface area contributed by atoms with Gasteiger partial charge in [0.2, 0.25) is 17.7 Å². The first-order valence-electron chi connectivity index (χ1n) is 18.3. The second-order valence-corrected chi connectivity index (χ2v) is 14.5. The topological polar surface area (TPSA) is 165 Å². The van der Waals surface area contributed by atoms with Crippen LogP contribution in [0, 0.1) is 23.7 Å². The van der Waals surface area contributed by atoms with Crippen LogP contribution in [0.25, 0.3) is 22.3 Å². The summed E-state index contributed by atoms with van der Waals surface area (Å²) in [5.74, 6) is 7.36. The van der Waals surface area contributed by atoms with Crippen LogP contribution in [-0.2, 0) is 19.1 Å². The van der Waals surface area contributed by atoms with Gasteiger partial charge in [0, 0.05) is 42.9 Å². The number of hydrogen-bond donors (Lipinski definition) is 4. The van der Waals surface area contributed by atoms with Gasteiger partial charge in [-0.2, -0.15) is 0 Å². The molecule has 4 N–H and O–H groups in total. The number of carbonyl (C=O) groups is 4. The van der Waals surface area contributed by atoms with E-state index in [1.165, 1.54) is 14.0 Å². The van der Waals surface area contributed by atoms with Gasteiger partial charge >= 0.3 is 6.09 Å². The van der Waals surface area contributed by atoms with Gasteiger partial charge in [-0.25, -0.2) is 14.8 Å². The Kier molecular flexibility index (Phi) is 11.2. The number of imidazole rings is 2. The molecule has 13 heteroatoms. The van der Waals surface area contributed by atoms with E-state index in [2.05, 4.69) is 32.4 Å². The van der Waals surface area contributed by atoms with Crippen LogP contribution in [-0.4, -0.2) is 85.8 Å². The zero-order valence-corrected chi connectivity index (χ0v) is 31.2. The molecule has 53 heavy (non-hydrogen) atoms. The number of likely N-dealkylation sites (tertiary alicyclic amines) is 2. The summed E-state index contributed by atoms with van der Waals surface area (Å²) in [7, 11) is 1.29. The average molecular weight is 721 g/mol. The van der Waals surface area contributed by atoms with Crippen molar-refractivity contribution < 1.29 is 23.9 Å². The highest BCUT2D eigenvalue weighted by Crippen LogP contribution is 2.34. The van der Waals surface area contributed by atoms with Gasteiger partial charge in [-0.3, -0.25) is 14.4 Å². The van der Waals surface area contributed by atoms with E-state index in [4.69, 9.17) is 14.7 Å². The Balaban J connectivity index is 1.12. The highest BCUT2D eigenvalue weighted by atomic mass is 16.5. The predicted octanol–water partition coefficient (Wildman–Crippen LogP) is 5.22. The SMILES string of the molecule is COC(=O)N[C@H](C(=O)N1CCC[C@H]1c1nc(-c2ccc(C#Cc3ccc4[nH]c([C@@H]5CCCN5C(=O)[C@@H](NC(C)=O)C(C)C)nc4c3)cc2)c[nH]1)C(C)C. The molecule has 2 aliphatic rings. The molecule has 2 aliphatic heterocycles. The number of methoxy groups -OCH3 is 1. The molecule has 6 rings (SSSR count). The number of aromatic nitrogens is 4. The van der Waals surface area contributed by atoms with E-state index in [0.717, 1.165) is 64.9 Å². The number of fused-ring (bicyclic) bond motifs is 1. The monoisotopic (exact) mass is 720 g/mol. The van der Waals surface area contributed by atoms with Gasteiger partial charge in [0.15, 0.2) is 0 Å². The van der Waals surface area contributed by atoms with Gasteiger partial charge < -0.3 is 35.1 Å². The van der Waals surface area contributed by atoms with Crippen molar-refractivity contribution in [3.05, 3.63) is 71.4 Å². The second kappa shape index (κ2) is 15.9. The number of carbonyl (C=O) groups excluding carboxylic acids is 4. The number of hydrogen-bond acceptors (Lipinski definition) is 7. The van der Waals surface area contributed by atoms with E-state index in [1.54, 1.807) is 4.90 Å². The number of rotatable bonds is 9. The molecule has 0 saturated carbocycles. The van der Waals surface area contributed by atoms with E-state index in [9.17, 15) is 19.2 Å². The largest absolute Gasteiger partial charge is 0.453 e. The van der Waals surface area contributed by atoms with Crippen molar-refractivity contribution in [2.24, 2.45) is 11.8 Å². The number of alkyl carbamates (subject to hydrolysis) is 1. The number of amides is 4. The van der Waals surface area contributed by atoms with Gasteiger partial charge in [0.1, 0.15) is 23.7 Å². The van der Waals surface area contributed by atoms with Crippen molar-refractivity contribution in [2.75, 3.05) is 20.2 Å². The predicted molar refractivity (Wildman–Crippen MR) is 200 cm³/mol. The van der Waals surface area contributed by atoms with E-state index >= 15 is 0 Å². The van der Waals surface area contributed by atoms with E-state index in [1.807, 2.05) is 81.3 Å². The van der Waals surface area contributed by atoms with Gasteiger partial charge in [0.05, 0.1) is 35.9 Å². The third-order valence-corrected chi connectivity index (χ3v) is 10.0. The van der Waals surface area contributed by atoms with Gasteiger partial charge in [-0.1, -0.05) is 51.7 Å². The Morgan fingerprint density at radius 2 is 1.40 bits per heavy atom. The molecular formula is C40H48N8O5. The maximum Gasteiger partial charge on any atom is 0.407 e. The summed E-state index contributed by atoms with van der Waals surface area (Å²) < 4.78 is 4.74. The van der Waals surface area contributed by atoms with E-state index < -0.39 is 18.2 Å². The first-order chi connectivity index (χ1) is 25.4. The lowest BCUT2D eigenvalue weighted by molar-refractivity contribution is -0.138. The van der Waals surface area contributed by atoms with Crippen molar-refractivity contribution in [1.29, 1.82) is 0 Å². The molecule has 0 spiro atoms. The minimum atomic E-state index is -0.689. The van der Waals surface area contributed by atoms with Crippen LogP contribution in [0.3, 0.4) is 0 Å². The van der Waals surface area contributed by atoms with Crippen LogP contribution in [0.2, 0.25) is 0 Å². The molecule has 4 atom stereocenters. The lowest BCUT2D eigenvalue weighted by Crippen LogP contribution is -2.51. The van der Waals surface area contributed by atoms with E-state index in [-0.39, 0.29) is 41.6 Å². The van der Waals surface area contributed by atoms with Crippen LogP contribution in [0.4, 0.5) is 4.79 Å². The molecule has 0 radical (unpaired) electrons. The summed E-state index contributed by atoms with van der Waals surface area (Å²) in [6.07, 6.45) is 4.51. The molecule has 4 aromatic rings. The molecule has 4 heterocycles. The molecule has 4 amide bonds. The highest BCUT2D eigenvalue weighted by Gasteiger charge is 2.38. The summed E-state index contributed by atoms with van der Waals surface area (Å²) in [5.41, 5.74) is 5.00. The Bertz CT molecular complexity index is 2040. The number of aromatic amines is 2. The first kappa shape index (κ1) is 37.1. The second-order valence-electron chi connectivity index (χ2n) is 14.5. The van der Waals surface area contributed by atoms with Gasteiger partial charge in [-0.05, 0) is 67.9 Å². The minimum absolute atomic E-state index is 0.0340. The Morgan fingerprint density at radius 1 is 0.811 bits per heavy atom. The molecule has 2 aromatic carbocycles. The van der Waals surface area contributed by atoms with Gasteiger partial charge in [0.25, 0.3) is 0 Å². The summed E-state index contributed by atoms with van der Waals surface area (Å²) in [6.45, 7) is 10.3. The number of benzene rings is 2. The van der Waals surface area contributed by atoms with Crippen molar-refractivity contribution in [2.45, 2.75) is 84.5 Å². The summed E-state index contributed by atoms with van der Waals surface area (Å²) in [5, 5.41) is 5.51.